The van der Waals surface area contributed by atoms with E-state index in [0.29, 0.717) is 12.8 Å². The van der Waals surface area contributed by atoms with Crippen LogP contribution in [-0.2, 0) is 4.79 Å². The Balaban J connectivity index is 1.98. The molecule has 1 atom stereocenters. The van der Waals surface area contributed by atoms with Gasteiger partial charge in [0.2, 0.25) is 0 Å². The molecule has 1 saturated carbocycles. The lowest BCUT2D eigenvalue weighted by Gasteiger charge is -2.38. The maximum absolute atomic E-state index is 12.0. The third-order valence-corrected chi connectivity index (χ3v) is 4.84. The first-order chi connectivity index (χ1) is 9.34. The van der Waals surface area contributed by atoms with Gasteiger partial charge in [0.1, 0.15) is 5.54 Å². The highest BCUT2D eigenvalue weighted by Crippen LogP contribution is 2.32. The lowest BCUT2D eigenvalue weighted by atomic mass is 9.77. The smallest absolute Gasteiger partial charge is 0.329 e. The number of rotatable bonds is 4. The molecule has 1 heterocycles. The molecule has 1 aromatic rings. The molecule has 6 heteroatoms. The number of hydrogen-bond acceptors (Lipinski definition) is 3. The largest absolute Gasteiger partial charge is 0.480 e. The molecule has 1 aliphatic carbocycles. The number of aliphatic carboxylic acids is 1. The van der Waals surface area contributed by atoms with E-state index in [1.165, 1.54) is 9.75 Å². The highest BCUT2D eigenvalue weighted by atomic mass is 32.1. The third-order valence-electron chi connectivity index (χ3n) is 3.86. The van der Waals surface area contributed by atoms with E-state index in [9.17, 15) is 14.7 Å². The van der Waals surface area contributed by atoms with Crippen molar-refractivity contribution in [1.29, 1.82) is 0 Å². The van der Waals surface area contributed by atoms with Crippen LogP contribution in [0.3, 0.4) is 0 Å². The first-order valence-corrected chi connectivity index (χ1v) is 7.55. The van der Waals surface area contributed by atoms with Crippen LogP contribution in [0.5, 0.6) is 0 Å². The van der Waals surface area contributed by atoms with Crippen LogP contribution in [0.2, 0.25) is 0 Å². The van der Waals surface area contributed by atoms with Gasteiger partial charge < -0.3 is 15.7 Å². The lowest BCUT2D eigenvalue weighted by molar-refractivity contribution is -0.148. The Bertz CT molecular complexity index is 535. The number of urea groups is 1. The van der Waals surface area contributed by atoms with Crippen LogP contribution in [0.25, 0.3) is 0 Å². The fourth-order valence-electron chi connectivity index (χ4n) is 2.53. The van der Waals surface area contributed by atoms with E-state index in [1.807, 2.05) is 20.8 Å². The van der Waals surface area contributed by atoms with Crippen LogP contribution >= 0.6 is 11.3 Å². The number of carboxylic acid groups (broad SMARTS) is 1. The molecule has 0 bridgehead atoms. The van der Waals surface area contributed by atoms with Gasteiger partial charge in [-0.05, 0) is 51.7 Å². The van der Waals surface area contributed by atoms with Crippen molar-refractivity contribution >= 4 is 23.3 Å². The molecular formula is C14H20N2O3S. The average molecular weight is 296 g/mol. The molecule has 1 aromatic heterocycles. The summed E-state index contributed by atoms with van der Waals surface area (Å²) in [5, 5.41) is 14.6. The van der Waals surface area contributed by atoms with Gasteiger partial charge in [-0.25, -0.2) is 9.59 Å². The number of carbonyl (C=O) groups is 2. The minimum atomic E-state index is -1.07. The number of nitrogens with one attached hydrogen (secondary N) is 2. The molecule has 20 heavy (non-hydrogen) atoms. The van der Waals surface area contributed by atoms with Crippen molar-refractivity contribution in [3.63, 3.8) is 0 Å². The Labute approximate surface area is 122 Å². The normalized spacial score (nSPS) is 17.9. The summed E-state index contributed by atoms with van der Waals surface area (Å²) < 4.78 is 0. The Morgan fingerprint density at radius 3 is 2.45 bits per heavy atom. The minimum absolute atomic E-state index is 0.133. The van der Waals surface area contributed by atoms with Gasteiger partial charge in [-0.15, -0.1) is 11.3 Å². The number of hydrogen-bond donors (Lipinski definition) is 3. The van der Waals surface area contributed by atoms with E-state index in [-0.39, 0.29) is 6.04 Å². The van der Waals surface area contributed by atoms with Gasteiger partial charge in [0.05, 0.1) is 6.04 Å². The second kappa shape index (κ2) is 5.44. The van der Waals surface area contributed by atoms with Crippen LogP contribution in [0.4, 0.5) is 4.79 Å². The molecule has 110 valence electrons. The summed E-state index contributed by atoms with van der Waals surface area (Å²) in [5.74, 6) is -0.950. The van der Waals surface area contributed by atoms with Crippen LogP contribution < -0.4 is 10.6 Å². The molecule has 0 aromatic carbocycles. The number of amides is 2. The molecule has 0 spiro atoms. The number of carbonyl (C=O) groups excluding carboxylic acids is 1. The highest BCUT2D eigenvalue weighted by Gasteiger charge is 2.45. The van der Waals surface area contributed by atoms with Crippen LogP contribution in [0, 0.1) is 13.8 Å². The third kappa shape index (κ3) is 2.80. The Morgan fingerprint density at radius 2 is 2.05 bits per heavy atom. The molecule has 2 amide bonds. The SMILES string of the molecule is Cc1cc(C(C)NC(=O)NC2(C(=O)O)CCC2)c(C)s1. The molecule has 3 N–H and O–H groups in total. The van der Waals surface area contributed by atoms with E-state index < -0.39 is 17.5 Å². The van der Waals surface area contributed by atoms with Crippen molar-refractivity contribution in [3.8, 4) is 0 Å². The zero-order valence-corrected chi connectivity index (χ0v) is 12.8. The summed E-state index contributed by atoms with van der Waals surface area (Å²) in [6.07, 6.45) is 1.84. The molecule has 1 unspecified atom stereocenters. The number of thiophene rings is 1. The molecule has 1 fully saturated rings. The molecule has 2 rings (SSSR count). The van der Waals surface area contributed by atoms with E-state index >= 15 is 0 Å². The quantitative estimate of drug-likeness (QED) is 0.799. The Morgan fingerprint density at radius 1 is 1.40 bits per heavy atom. The van der Waals surface area contributed by atoms with Crippen molar-refractivity contribution < 1.29 is 14.7 Å². The summed E-state index contributed by atoms with van der Waals surface area (Å²) in [5.41, 5.74) is 0.0179. The predicted molar refractivity (Wildman–Crippen MR) is 78.1 cm³/mol. The Kier molecular flexibility index (Phi) is 4.04. The van der Waals surface area contributed by atoms with Gasteiger partial charge in [-0.3, -0.25) is 0 Å². The summed E-state index contributed by atoms with van der Waals surface area (Å²) in [6, 6.07) is 1.51. The highest BCUT2D eigenvalue weighted by molar-refractivity contribution is 7.12. The van der Waals surface area contributed by atoms with Crippen molar-refractivity contribution in [3.05, 3.63) is 21.4 Å². The first-order valence-electron chi connectivity index (χ1n) is 6.73. The van der Waals surface area contributed by atoms with Crippen molar-refractivity contribution in [2.24, 2.45) is 0 Å². The number of carboxylic acids is 1. The molecular weight excluding hydrogens is 276 g/mol. The summed E-state index contributed by atoms with van der Waals surface area (Å²) in [7, 11) is 0. The molecule has 0 aliphatic heterocycles. The van der Waals surface area contributed by atoms with Crippen LogP contribution in [0.15, 0.2) is 6.07 Å². The second-order valence-electron chi connectivity index (χ2n) is 5.43. The van der Waals surface area contributed by atoms with Gasteiger partial charge in [0.25, 0.3) is 0 Å². The maximum atomic E-state index is 12.0. The first kappa shape index (κ1) is 14.8. The monoisotopic (exact) mass is 296 g/mol. The van der Waals surface area contributed by atoms with Crippen molar-refractivity contribution in [1.82, 2.24) is 10.6 Å². The topological polar surface area (TPSA) is 78.4 Å². The molecule has 1 aliphatic rings. The lowest BCUT2D eigenvalue weighted by Crippen LogP contribution is -2.61. The van der Waals surface area contributed by atoms with E-state index in [4.69, 9.17) is 0 Å². The van der Waals surface area contributed by atoms with Gasteiger partial charge in [0.15, 0.2) is 0 Å². The van der Waals surface area contributed by atoms with Crippen LogP contribution in [0.1, 0.15) is 47.5 Å². The fourth-order valence-corrected chi connectivity index (χ4v) is 3.55. The zero-order valence-electron chi connectivity index (χ0n) is 11.9. The molecule has 5 nitrogen and oxygen atoms in total. The van der Waals surface area contributed by atoms with Gasteiger partial charge in [0, 0.05) is 9.75 Å². The number of aryl methyl sites for hydroxylation is 2. The van der Waals surface area contributed by atoms with Crippen molar-refractivity contribution in [2.45, 2.75) is 51.6 Å². The van der Waals surface area contributed by atoms with Crippen LogP contribution in [-0.4, -0.2) is 22.6 Å². The minimum Gasteiger partial charge on any atom is -0.480 e. The summed E-state index contributed by atoms with van der Waals surface area (Å²) in [4.78, 5) is 25.6. The summed E-state index contributed by atoms with van der Waals surface area (Å²) in [6.45, 7) is 5.96. The predicted octanol–water partition coefficient (Wildman–Crippen LogP) is 2.73. The maximum Gasteiger partial charge on any atom is 0.329 e. The van der Waals surface area contributed by atoms with Gasteiger partial charge >= 0.3 is 12.0 Å². The van der Waals surface area contributed by atoms with E-state index in [0.717, 1.165) is 12.0 Å². The molecule has 0 saturated heterocycles. The van der Waals surface area contributed by atoms with Gasteiger partial charge in [-0.2, -0.15) is 0 Å². The van der Waals surface area contributed by atoms with E-state index in [1.54, 1.807) is 11.3 Å². The van der Waals surface area contributed by atoms with E-state index in [2.05, 4.69) is 16.7 Å². The summed E-state index contributed by atoms with van der Waals surface area (Å²) >= 11 is 1.69. The standard InChI is InChI=1S/C14H20N2O3S/c1-8-7-11(10(3)20-8)9(2)15-13(19)16-14(12(17)18)5-4-6-14/h7,9H,4-6H2,1-3H3,(H,17,18)(H2,15,16,19). The Hall–Kier alpha value is -1.56. The molecule has 0 radical (unpaired) electrons. The fraction of sp³-hybridized carbons (Fsp3) is 0.571. The second-order valence-corrected chi connectivity index (χ2v) is 6.89. The zero-order chi connectivity index (χ0) is 14.9. The van der Waals surface area contributed by atoms with Gasteiger partial charge in [-0.1, -0.05) is 0 Å². The average Bonchev–Trinajstić information content (AvgIpc) is 2.62. The van der Waals surface area contributed by atoms with Crippen molar-refractivity contribution in [2.75, 3.05) is 0 Å².